The topological polar surface area (TPSA) is 24.9 Å². The molecular formula is C13H13BrN2. The predicted molar refractivity (Wildman–Crippen MR) is 70.4 cm³/mol. The minimum atomic E-state index is 0.789. The van der Waals surface area contributed by atoms with Crippen LogP contribution in [0, 0.1) is 6.92 Å². The lowest BCUT2D eigenvalue weighted by molar-refractivity contribution is 1.09. The number of nitrogens with one attached hydrogen (secondary N) is 1. The number of benzene rings is 1. The lowest BCUT2D eigenvalue weighted by Crippen LogP contribution is -2.02. The molecule has 0 aliphatic heterocycles. The van der Waals surface area contributed by atoms with E-state index in [4.69, 9.17) is 0 Å². The third-order valence-electron chi connectivity index (χ3n) is 2.36. The van der Waals surface area contributed by atoms with E-state index in [1.165, 1.54) is 5.56 Å². The molecule has 2 rings (SSSR count). The molecule has 1 aromatic heterocycles. The quantitative estimate of drug-likeness (QED) is 0.923. The van der Waals surface area contributed by atoms with E-state index in [1.807, 2.05) is 18.2 Å². The molecule has 0 bridgehead atoms. The molecule has 0 radical (unpaired) electrons. The molecule has 82 valence electrons. The van der Waals surface area contributed by atoms with Crippen LogP contribution >= 0.6 is 15.9 Å². The molecule has 0 fully saturated rings. The van der Waals surface area contributed by atoms with Crippen LogP contribution in [0.3, 0.4) is 0 Å². The predicted octanol–water partition coefficient (Wildman–Crippen LogP) is 3.76. The fraction of sp³-hybridized carbons (Fsp3) is 0.154. The van der Waals surface area contributed by atoms with Crippen LogP contribution in [-0.4, -0.2) is 4.98 Å². The first-order valence-electron chi connectivity index (χ1n) is 5.15. The Morgan fingerprint density at radius 3 is 2.88 bits per heavy atom. The Bertz CT molecular complexity index is 483. The maximum absolute atomic E-state index is 4.29. The Morgan fingerprint density at radius 2 is 2.12 bits per heavy atom. The van der Waals surface area contributed by atoms with Gasteiger partial charge in [0.15, 0.2) is 0 Å². The Labute approximate surface area is 104 Å². The van der Waals surface area contributed by atoms with Crippen LogP contribution in [0.4, 0.5) is 5.82 Å². The van der Waals surface area contributed by atoms with Crippen LogP contribution in [0.15, 0.2) is 47.1 Å². The van der Waals surface area contributed by atoms with Crippen LogP contribution in [-0.2, 0) is 6.54 Å². The monoisotopic (exact) mass is 276 g/mol. The van der Waals surface area contributed by atoms with Gasteiger partial charge in [-0.2, -0.15) is 0 Å². The molecule has 0 amide bonds. The van der Waals surface area contributed by atoms with Gasteiger partial charge in [0.2, 0.25) is 0 Å². The Hall–Kier alpha value is -1.35. The van der Waals surface area contributed by atoms with Crippen molar-refractivity contribution < 1.29 is 0 Å². The van der Waals surface area contributed by atoms with Gasteiger partial charge in [-0.3, -0.25) is 0 Å². The highest BCUT2D eigenvalue weighted by Crippen LogP contribution is 2.14. The fourth-order valence-corrected chi connectivity index (χ4v) is 1.95. The molecule has 2 aromatic rings. The standard InChI is InChI=1S/C13H13BrN2/c1-10-4-3-7-15-13(10)16-9-11-5-2-6-12(14)8-11/h2-8H,9H2,1H3,(H,15,16). The van der Waals surface area contributed by atoms with E-state index in [2.05, 4.69) is 51.4 Å². The van der Waals surface area contributed by atoms with E-state index in [0.717, 1.165) is 22.4 Å². The number of aryl methyl sites for hydroxylation is 1. The largest absolute Gasteiger partial charge is 0.366 e. The van der Waals surface area contributed by atoms with E-state index in [-0.39, 0.29) is 0 Å². The summed E-state index contributed by atoms with van der Waals surface area (Å²) < 4.78 is 1.10. The zero-order valence-electron chi connectivity index (χ0n) is 9.07. The van der Waals surface area contributed by atoms with Crippen LogP contribution in [0.5, 0.6) is 0 Å². The second-order valence-electron chi connectivity index (χ2n) is 3.65. The van der Waals surface area contributed by atoms with Gasteiger partial charge >= 0.3 is 0 Å². The third kappa shape index (κ3) is 2.83. The van der Waals surface area contributed by atoms with Crippen molar-refractivity contribution >= 4 is 21.7 Å². The van der Waals surface area contributed by atoms with Crippen molar-refractivity contribution in [2.24, 2.45) is 0 Å². The molecule has 1 N–H and O–H groups in total. The molecule has 0 aliphatic rings. The summed E-state index contributed by atoms with van der Waals surface area (Å²) in [5, 5.41) is 3.32. The van der Waals surface area contributed by atoms with E-state index in [0.29, 0.717) is 0 Å². The minimum Gasteiger partial charge on any atom is -0.366 e. The molecule has 16 heavy (non-hydrogen) atoms. The number of aromatic nitrogens is 1. The van der Waals surface area contributed by atoms with Gasteiger partial charge in [0.05, 0.1) is 0 Å². The first-order valence-corrected chi connectivity index (χ1v) is 5.95. The van der Waals surface area contributed by atoms with Crippen molar-refractivity contribution in [2.75, 3.05) is 5.32 Å². The Morgan fingerprint density at radius 1 is 1.25 bits per heavy atom. The normalized spacial score (nSPS) is 10.1. The van der Waals surface area contributed by atoms with E-state index < -0.39 is 0 Å². The molecule has 1 aromatic carbocycles. The lowest BCUT2D eigenvalue weighted by atomic mass is 10.2. The van der Waals surface area contributed by atoms with Crippen LogP contribution in [0.1, 0.15) is 11.1 Å². The van der Waals surface area contributed by atoms with Gasteiger partial charge in [-0.1, -0.05) is 34.1 Å². The number of halogens is 1. The number of anilines is 1. The number of hydrogen-bond acceptors (Lipinski definition) is 2. The molecule has 0 saturated carbocycles. The molecule has 3 heteroatoms. The van der Waals surface area contributed by atoms with Gasteiger partial charge in [-0.25, -0.2) is 4.98 Å². The average molecular weight is 277 g/mol. The molecule has 0 aliphatic carbocycles. The third-order valence-corrected chi connectivity index (χ3v) is 2.85. The molecule has 0 atom stereocenters. The van der Waals surface area contributed by atoms with Crippen molar-refractivity contribution in [2.45, 2.75) is 13.5 Å². The summed E-state index contributed by atoms with van der Waals surface area (Å²) in [7, 11) is 0. The van der Waals surface area contributed by atoms with Gasteiger partial charge in [0.25, 0.3) is 0 Å². The zero-order valence-corrected chi connectivity index (χ0v) is 10.7. The van der Waals surface area contributed by atoms with E-state index in [1.54, 1.807) is 6.20 Å². The van der Waals surface area contributed by atoms with Crippen LogP contribution in [0.25, 0.3) is 0 Å². The Balaban J connectivity index is 2.05. The maximum Gasteiger partial charge on any atom is 0.129 e. The minimum absolute atomic E-state index is 0.789. The van der Waals surface area contributed by atoms with Crippen LogP contribution in [0.2, 0.25) is 0 Å². The first kappa shape index (κ1) is 11.1. The molecule has 0 spiro atoms. The maximum atomic E-state index is 4.29. The number of rotatable bonds is 3. The van der Waals surface area contributed by atoms with Crippen molar-refractivity contribution in [3.05, 3.63) is 58.2 Å². The SMILES string of the molecule is Cc1cccnc1NCc1cccc(Br)c1. The van der Waals surface area contributed by atoms with Crippen molar-refractivity contribution in [3.8, 4) is 0 Å². The summed E-state index contributed by atoms with van der Waals surface area (Å²) in [5.41, 5.74) is 2.40. The average Bonchev–Trinajstić information content (AvgIpc) is 2.28. The summed E-state index contributed by atoms with van der Waals surface area (Å²) >= 11 is 3.46. The van der Waals surface area contributed by atoms with Gasteiger partial charge < -0.3 is 5.32 Å². The van der Waals surface area contributed by atoms with Gasteiger partial charge in [-0.15, -0.1) is 0 Å². The highest BCUT2D eigenvalue weighted by atomic mass is 79.9. The second kappa shape index (κ2) is 5.12. The smallest absolute Gasteiger partial charge is 0.129 e. The summed E-state index contributed by atoms with van der Waals surface area (Å²) in [6.07, 6.45) is 1.80. The van der Waals surface area contributed by atoms with Crippen molar-refractivity contribution in [1.82, 2.24) is 4.98 Å². The number of nitrogens with zero attached hydrogens (tertiary/aromatic N) is 1. The van der Waals surface area contributed by atoms with Gasteiger partial charge in [-0.05, 0) is 36.2 Å². The van der Waals surface area contributed by atoms with E-state index >= 15 is 0 Å². The first-order chi connectivity index (χ1) is 7.75. The van der Waals surface area contributed by atoms with Crippen LogP contribution < -0.4 is 5.32 Å². The molecule has 1 heterocycles. The molecular weight excluding hydrogens is 264 g/mol. The number of pyridine rings is 1. The lowest BCUT2D eigenvalue weighted by Gasteiger charge is -2.08. The van der Waals surface area contributed by atoms with Crippen molar-refractivity contribution in [1.29, 1.82) is 0 Å². The van der Waals surface area contributed by atoms with E-state index in [9.17, 15) is 0 Å². The summed E-state index contributed by atoms with van der Waals surface area (Å²) in [5.74, 6) is 0.947. The Kier molecular flexibility index (Phi) is 3.57. The zero-order chi connectivity index (χ0) is 11.4. The summed E-state index contributed by atoms with van der Waals surface area (Å²) in [6, 6.07) is 12.2. The summed E-state index contributed by atoms with van der Waals surface area (Å²) in [6.45, 7) is 2.84. The van der Waals surface area contributed by atoms with Crippen molar-refractivity contribution in [3.63, 3.8) is 0 Å². The highest BCUT2D eigenvalue weighted by molar-refractivity contribution is 9.10. The van der Waals surface area contributed by atoms with Gasteiger partial charge in [0, 0.05) is 17.2 Å². The fourth-order valence-electron chi connectivity index (χ4n) is 1.50. The summed E-state index contributed by atoms with van der Waals surface area (Å²) in [4.78, 5) is 4.29. The molecule has 0 saturated heterocycles. The van der Waals surface area contributed by atoms with Gasteiger partial charge in [0.1, 0.15) is 5.82 Å². The highest BCUT2D eigenvalue weighted by Gasteiger charge is 1.98. The molecule has 2 nitrogen and oxygen atoms in total. The second-order valence-corrected chi connectivity index (χ2v) is 4.57. The number of hydrogen-bond donors (Lipinski definition) is 1. The molecule has 0 unspecified atom stereocenters.